The van der Waals surface area contributed by atoms with Crippen molar-refractivity contribution in [3.05, 3.63) is 64.7 Å². The second-order valence-electron chi connectivity index (χ2n) is 5.47. The van der Waals surface area contributed by atoms with Crippen LogP contribution in [0.1, 0.15) is 17.5 Å². The molecule has 0 saturated carbocycles. The summed E-state index contributed by atoms with van der Waals surface area (Å²) in [7, 11) is 1.67. The average Bonchev–Trinajstić information content (AvgIpc) is 2.61. The van der Waals surface area contributed by atoms with E-state index in [0.29, 0.717) is 24.5 Å². The van der Waals surface area contributed by atoms with Crippen molar-refractivity contribution in [1.82, 2.24) is 10.6 Å². The third kappa shape index (κ3) is 6.22. The number of hydrogen-bond acceptors (Lipinski definition) is 3. The lowest BCUT2D eigenvalue weighted by Crippen LogP contribution is -2.28. The molecule has 0 aromatic heterocycles. The van der Waals surface area contributed by atoms with Crippen LogP contribution in [-0.2, 0) is 17.8 Å². The van der Waals surface area contributed by atoms with Gasteiger partial charge in [0.25, 0.3) is 0 Å². The smallest absolute Gasteiger partial charge is 0.221 e. The number of methoxy groups -OCH3 is 1. The van der Waals surface area contributed by atoms with Gasteiger partial charge in [-0.25, -0.2) is 0 Å². The number of carbonyl (C=O) groups is 1. The van der Waals surface area contributed by atoms with E-state index >= 15 is 0 Å². The Labute approximate surface area is 148 Å². The average molecular weight is 347 g/mol. The Kier molecular flexibility index (Phi) is 7.59. The summed E-state index contributed by atoms with van der Waals surface area (Å²) >= 11 is 6.06. The highest BCUT2D eigenvalue weighted by Crippen LogP contribution is 2.14. The fraction of sp³-hybridized carbons (Fsp3) is 0.316. The molecule has 2 aromatic rings. The van der Waals surface area contributed by atoms with Gasteiger partial charge in [0.1, 0.15) is 5.75 Å². The van der Waals surface area contributed by atoms with Crippen molar-refractivity contribution in [2.24, 2.45) is 0 Å². The fourth-order valence-corrected chi connectivity index (χ4v) is 2.51. The molecular formula is C19H23ClN2O2. The lowest BCUT2D eigenvalue weighted by Gasteiger charge is -2.08. The summed E-state index contributed by atoms with van der Waals surface area (Å²) in [5.74, 6) is 0.884. The van der Waals surface area contributed by atoms with Crippen LogP contribution in [0.3, 0.4) is 0 Å². The van der Waals surface area contributed by atoms with Crippen LogP contribution in [0.2, 0.25) is 5.02 Å². The van der Waals surface area contributed by atoms with Crippen molar-refractivity contribution in [3.8, 4) is 5.75 Å². The molecule has 2 N–H and O–H groups in total. The van der Waals surface area contributed by atoms with Gasteiger partial charge in [-0.3, -0.25) is 4.79 Å². The van der Waals surface area contributed by atoms with Crippen molar-refractivity contribution in [3.63, 3.8) is 0 Å². The van der Waals surface area contributed by atoms with Crippen molar-refractivity contribution >= 4 is 17.5 Å². The second-order valence-corrected chi connectivity index (χ2v) is 5.88. The lowest BCUT2D eigenvalue weighted by molar-refractivity contribution is -0.121. The molecule has 2 aromatic carbocycles. The van der Waals surface area contributed by atoms with Gasteiger partial charge in [-0.2, -0.15) is 0 Å². The molecule has 0 bridgehead atoms. The van der Waals surface area contributed by atoms with Gasteiger partial charge in [0.2, 0.25) is 5.91 Å². The van der Waals surface area contributed by atoms with Gasteiger partial charge in [-0.1, -0.05) is 41.9 Å². The molecule has 1 amide bonds. The molecule has 0 radical (unpaired) electrons. The predicted octanol–water partition coefficient (Wildman–Crippen LogP) is 3.19. The Morgan fingerprint density at radius 3 is 2.75 bits per heavy atom. The third-order valence-corrected chi connectivity index (χ3v) is 4.06. The van der Waals surface area contributed by atoms with Crippen molar-refractivity contribution < 1.29 is 9.53 Å². The monoisotopic (exact) mass is 346 g/mol. The molecule has 0 unspecified atom stereocenters. The number of rotatable bonds is 9. The van der Waals surface area contributed by atoms with Crippen LogP contribution in [-0.4, -0.2) is 26.1 Å². The highest BCUT2D eigenvalue weighted by molar-refractivity contribution is 6.31. The number of hydrogen-bond donors (Lipinski definition) is 2. The number of benzene rings is 2. The molecule has 4 nitrogen and oxygen atoms in total. The molecule has 24 heavy (non-hydrogen) atoms. The normalized spacial score (nSPS) is 10.4. The number of halogens is 1. The van der Waals surface area contributed by atoms with Crippen molar-refractivity contribution in [2.75, 3.05) is 20.2 Å². The maximum Gasteiger partial charge on any atom is 0.221 e. The SMILES string of the molecule is COc1cccc(CCNCCC(=O)NCc2ccccc2Cl)c1. The lowest BCUT2D eigenvalue weighted by atomic mass is 10.1. The zero-order valence-electron chi connectivity index (χ0n) is 13.8. The van der Waals surface area contributed by atoms with E-state index in [9.17, 15) is 4.79 Å². The molecule has 2 rings (SSSR count). The van der Waals surface area contributed by atoms with Gasteiger partial charge in [-0.15, -0.1) is 0 Å². The summed E-state index contributed by atoms with van der Waals surface area (Å²) in [5, 5.41) is 6.84. The first-order chi connectivity index (χ1) is 11.7. The van der Waals surface area contributed by atoms with Crippen molar-refractivity contribution in [1.29, 1.82) is 0 Å². The van der Waals surface area contributed by atoms with Crippen LogP contribution >= 0.6 is 11.6 Å². The van der Waals surface area contributed by atoms with Crippen LogP contribution < -0.4 is 15.4 Å². The summed E-state index contributed by atoms with van der Waals surface area (Å²) in [4.78, 5) is 11.8. The maximum absolute atomic E-state index is 11.8. The first-order valence-electron chi connectivity index (χ1n) is 8.03. The zero-order valence-corrected chi connectivity index (χ0v) is 14.6. The Bertz CT molecular complexity index is 661. The topological polar surface area (TPSA) is 50.4 Å². The molecule has 0 heterocycles. The van der Waals surface area contributed by atoms with E-state index in [4.69, 9.17) is 16.3 Å². The second kappa shape index (κ2) is 9.96. The Hall–Kier alpha value is -2.04. The largest absolute Gasteiger partial charge is 0.497 e. The van der Waals surface area contributed by atoms with Gasteiger partial charge < -0.3 is 15.4 Å². The molecule has 128 valence electrons. The van der Waals surface area contributed by atoms with Gasteiger partial charge in [0.15, 0.2) is 0 Å². The number of amides is 1. The van der Waals surface area contributed by atoms with Gasteiger partial charge in [-0.05, 0) is 42.3 Å². The maximum atomic E-state index is 11.8. The Balaban J connectivity index is 1.60. The highest BCUT2D eigenvalue weighted by atomic mass is 35.5. The van der Waals surface area contributed by atoms with Crippen LogP contribution in [0.15, 0.2) is 48.5 Å². The number of nitrogens with one attached hydrogen (secondary N) is 2. The fourth-order valence-electron chi connectivity index (χ4n) is 2.31. The minimum absolute atomic E-state index is 0.0174. The van der Waals surface area contributed by atoms with Gasteiger partial charge >= 0.3 is 0 Å². The molecule has 0 atom stereocenters. The van der Waals surface area contributed by atoms with E-state index in [0.717, 1.165) is 24.3 Å². The van der Waals surface area contributed by atoms with E-state index in [1.807, 2.05) is 42.5 Å². The molecule has 0 aliphatic carbocycles. The summed E-state index contributed by atoms with van der Waals surface area (Å²) in [6.45, 7) is 1.94. The standard InChI is InChI=1S/C19H23ClN2O2/c1-24-17-7-4-5-15(13-17)9-11-21-12-10-19(23)22-14-16-6-2-3-8-18(16)20/h2-8,13,21H,9-12,14H2,1H3,(H,22,23). The van der Waals surface area contributed by atoms with E-state index in [-0.39, 0.29) is 5.91 Å². The molecule has 0 aliphatic heterocycles. The van der Waals surface area contributed by atoms with Crippen LogP contribution in [0.5, 0.6) is 5.75 Å². The Morgan fingerprint density at radius 2 is 1.96 bits per heavy atom. The summed E-state index contributed by atoms with van der Waals surface area (Å²) in [6.07, 6.45) is 1.35. The Morgan fingerprint density at radius 1 is 1.12 bits per heavy atom. The summed E-state index contributed by atoms with van der Waals surface area (Å²) in [5.41, 5.74) is 2.14. The third-order valence-electron chi connectivity index (χ3n) is 3.69. The number of ether oxygens (including phenoxy) is 1. The van der Waals surface area contributed by atoms with Crippen molar-refractivity contribution in [2.45, 2.75) is 19.4 Å². The van der Waals surface area contributed by atoms with E-state index in [1.165, 1.54) is 5.56 Å². The minimum Gasteiger partial charge on any atom is -0.497 e. The van der Waals surface area contributed by atoms with Gasteiger partial charge in [0, 0.05) is 24.5 Å². The van der Waals surface area contributed by atoms with Crippen LogP contribution in [0.25, 0.3) is 0 Å². The molecule has 0 aliphatic rings. The molecule has 0 spiro atoms. The van der Waals surface area contributed by atoms with Crippen LogP contribution in [0.4, 0.5) is 0 Å². The van der Waals surface area contributed by atoms with E-state index < -0.39 is 0 Å². The zero-order chi connectivity index (χ0) is 17.2. The minimum atomic E-state index is 0.0174. The molecule has 5 heteroatoms. The predicted molar refractivity (Wildman–Crippen MR) is 97.5 cm³/mol. The molecule has 0 fully saturated rings. The first-order valence-corrected chi connectivity index (χ1v) is 8.40. The van der Waals surface area contributed by atoms with E-state index in [1.54, 1.807) is 7.11 Å². The molecular weight excluding hydrogens is 324 g/mol. The van der Waals surface area contributed by atoms with Gasteiger partial charge in [0.05, 0.1) is 7.11 Å². The summed E-state index contributed by atoms with van der Waals surface area (Å²) in [6, 6.07) is 15.5. The number of carbonyl (C=O) groups excluding carboxylic acids is 1. The first kappa shape index (κ1) is 18.3. The summed E-state index contributed by atoms with van der Waals surface area (Å²) < 4.78 is 5.20. The quantitative estimate of drug-likeness (QED) is 0.686. The van der Waals surface area contributed by atoms with Crippen LogP contribution in [0, 0.1) is 0 Å². The highest BCUT2D eigenvalue weighted by Gasteiger charge is 2.03. The van der Waals surface area contributed by atoms with E-state index in [2.05, 4.69) is 16.7 Å². The molecule has 0 saturated heterocycles.